The number of rotatable bonds is 2. The molecule has 0 spiro atoms. The standard InChI is InChI=1S/C15H23N/c1-11-5-4-6-14(8-11)16-15-9-12(2)7-13(3)10-15/h4-6,8,12-13,15-16H,7,9-10H2,1-3H3. The summed E-state index contributed by atoms with van der Waals surface area (Å²) in [6.07, 6.45) is 4.03. The fourth-order valence-corrected chi connectivity index (χ4v) is 3.04. The maximum Gasteiger partial charge on any atom is 0.0344 e. The van der Waals surface area contributed by atoms with Crippen molar-refractivity contribution < 1.29 is 0 Å². The minimum atomic E-state index is 0.667. The summed E-state index contributed by atoms with van der Waals surface area (Å²) in [5.74, 6) is 1.73. The zero-order valence-corrected chi connectivity index (χ0v) is 10.7. The third-order valence-electron chi connectivity index (χ3n) is 3.57. The Morgan fingerprint density at radius 1 is 1.06 bits per heavy atom. The summed E-state index contributed by atoms with van der Waals surface area (Å²) in [4.78, 5) is 0. The number of aryl methyl sites for hydroxylation is 1. The normalized spacial score (nSPS) is 30.1. The summed E-state index contributed by atoms with van der Waals surface area (Å²) in [5.41, 5.74) is 2.62. The molecular weight excluding hydrogens is 194 g/mol. The molecule has 0 bridgehead atoms. The van der Waals surface area contributed by atoms with E-state index in [0.29, 0.717) is 6.04 Å². The van der Waals surface area contributed by atoms with Crippen molar-refractivity contribution in [1.82, 2.24) is 0 Å². The van der Waals surface area contributed by atoms with Crippen molar-refractivity contribution in [2.45, 2.75) is 46.1 Å². The molecule has 1 aliphatic carbocycles. The zero-order valence-electron chi connectivity index (χ0n) is 10.7. The molecular formula is C15H23N. The number of anilines is 1. The van der Waals surface area contributed by atoms with Gasteiger partial charge in [0.25, 0.3) is 0 Å². The Morgan fingerprint density at radius 3 is 2.38 bits per heavy atom. The van der Waals surface area contributed by atoms with E-state index in [1.54, 1.807) is 0 Å². The fourth-order valence-electron chi connectivity index (χ4n) is 3.04. The van der Waals surface area contributed by atoms with Crippen molar-refractivity contribution in [3.8, 4) is 0 Å². The van der Waals surface area contributed by atoms with Crippen molar-refractivity contribution >= 4 is 5.69 Å². The van der Waals surface area contributed by atoms with E-state index >= 15 is 0 Å². The molecule has 0 heterocycles. The summed E-state index contributed by atoms with van der Waals surface area (Å²) < 4.78 is 0. The highest BCUT2D eigenvalue weighted by molar-refractivity contribution is 5.46. The van der Waals surface area contributed by atoms with Crippen LogP contribution in [0.4, 0.5) is 5.69 Å². The van der Waals surface area contributed by atoms with Crippen molar-refractivity contribution in [3.63, 3.8) is 0 Å². The first-order valence-electron chi connectivity index (χ1n) is 6.46. The van der Waals surface area contributed by atoms with Crippen molar-refractivity contribution in [3.05, 3.63) is 29.8 Å². The van der Waals surface area contributed by atoms with E-state index in [4.69, 9.17) is 0 Å². The highest BCUT2D eigenvalue weighted by Crippen LogP contribution is 2.30. The van der Waals surface area contributed by atoms with Crippen LogP contribution in [0.3, 0.4) is 0 Å². The molecule has 2 rings (SSSR count). The summed E-state index contributed by atoms with van der Waals surface area (Å²) in [5, 5.41) is 3.68. The average molecular weight is 217 g/mol. The smallest absolute Gasteiger partial charge is 0.0344 e. The average Bonchev–Trinajstić information content (AvgIpc) is 2.15. The van der Waals surface area contributed by atoms with Crippen LogP contribution in [0.2, 0.25) is 0 Å². The van der Waals surface area contributed by atoms with E-state index in [1.165, 1.54) is 30.5 Å². The fraction of sp³-hybridized carbons (Fsp3) is 0.600. The third kappa shape index (κ3) is 3.01. The topological polar surface area (TPSA) is 12.0 Å². The summed E-state index contributed by atoms with van der Waals surface area (Å²) in [6.45, 7) is 6.90. The Labute approximate surface area is 99.3 Å². The lowest BCUT2D eigenvalue weighted by Crippen LogP contribution is -2.30. The predicted molar refractivity (Wildman–Crippen MR) is 70.8 cm³/mol. The Balaban J connectivity index is 1.98. The van der Waals surface area contributed by atoms with E-state index in [-0.39, 0.29) is 0 Å². The van der Waals surface area contributed by atoms with Gasteiger partial charge in [0, 0.05) is 11.7 Å². The number of hydrogen-bond acceptors (Lipinski definition) is 1. The van der Waals surface area contributed by atoms with Crippen molar-refractivity contribution in [2.75, 3.05) is 5.32 Å². The number of nitrogens with one attached hydrogen (secondary N) is 1. The van der Waals surface area contributed by atoms with Gasteiger partial charge >= 0.3 is 0 Å². The second kappa shape index (κ2) is 4.90. The van der Waals surface area contributed by atoms with Crippen molar-refractivity contribution in [2.24, 2.45) is 11.8 Å². The van der Waals surface area contributed by atoms with E-state index in [2.05, 4.69) is 50.4 Å². The lowest BCUT2D eigenvalue weighted by atomic mass is 9.80. The SMILES string of the molecule is Cc1cccc(NC2CC(C)CC(C)C2)c1. The van der Waals surface area contributed by atoms with Crippen LogP contribution >= 0.6 is 0 Å². The molecule has 1 aliphatic rings. The first kappa shape index (κ1) is 11.5. The first-order valence-corrected chi connectivity index (χ1v) is 6.46. The van der Waals surface area contributed by atoms with Crippen LogP contribution < -0.4 is 5.32 Å². The van der Waals surface area contributed by atoms with Gasteiger partial charge in [0.05, 0.1) is 0 Å². The van der Waals surface area contributed by atoms with E-state index in [0.717, 1.165) is 11.8 Å². The molecule has 1 heteroatoms. The van der Waals surface area contributed by atoms with Gasteiger partial charge in [0.2, 0.25) is 0 Å². The molecule has 0 saturated heterocycles. The van der Waals surface area contributed by atoms with E-state index in [1.807, 2.05) is 0 Å². The van der Waals surface area contributed by atoms with Crippen molar-refractivity contribution in [1.29, 1.82) is 0 Å². The lowest BCUT2D eigenvalue weighted by Gasteiger charge is -2.32. The minimum absolute atomic E-state index is 0.667. The number of benzene rings is 1. The Bertz CT molecular complexity index is 335. The third-order valence-corrected chi connectivity index (χ3v) is 3.57. The predicted octanol–water partition coefficient (Wildman–Crippen LogP) is 4.23. The Morgan fingerprint density at radius 2 is 1.75 bits per heavy atom. The summed E-state index contributed by atoms with van der Waals surface area (Å²) >= 11 is 0. The molecule has 88 valence electrons. The highest BCUT2D eigenvalue weighted by Gasteiger charge is 2.23. The Hall–Kier alpha value is -0.980. The minimum Gasteiger partial charge on any atom is -0.382 e. The Kier molecular flexibility index (Phi) is 3.52. The van der Waals surface area contributed by atoms with Gasteiger partial charge in [-0.1, -0.05) is 26.0 Å². The lowest BCUT2D eigenvalue weighted by molar-refractivity contribution is 0.281. The van der Waals surface area contributed by atoms with Crippen LogP contribution in [0.1, 0.15) is 38.7 Å². The largest absolute Gasteiger partial charge is 0.382 e. The molecule has 0 amide bonds. The summed E-state index contributed by atoms with van der Waals surface area (Å²) in [6, 6.07) is 9.37. The van der Waals surface area contributed by atoms with Gasteiger partial charge in [-0.25, -0.2) is 0 Å². The molecule has 1 fully saturated rings. The van der Waals surface area contributed by atoms with Crippen LogP contribution in [0.25, 0.3) is 0 Å². The van der Waals surface area contributed by atoms with Gasteiger partial charge in [-0.05, 0) is 55.7 Å². The molecule has 0 aromatic heterocycles. The highest BCUT2D eigenvalue weighted by atomic mass is 14.9. The maximum absolute atomic E-state index is 3.68. The summed E-state index contributed by atoms with van der Waals surface area (Å²) in [7, 11) is 0. The second-order valence-electron chi connectivity index (χ2n) is 5.63. The molecule has 1 saturated carbocycles. The second-order valence-corrected chi connectivity index (χ2v) is 5.63. The number of hydrogen-bond donors (Lipinski definition) is 1. The molecule has 1 aromatic carbocycles. The van der Waals surface area contributed by atoms with Gasteiger partial charge in [0.1, 0.15) is 0 Å². The molecule has 16 heavy (non-hydrogen) atoms. The molecule has 2 atom stereocenters. The van der Waals surface area contributed by atoms with Crippen LogP contribution in [0.15, 0.2) is 24.3 Å². The van der Waals surface area contributed by atoms with Crippen LogP contribution in [-0.4, -0.2) is 6.04 Å². The van der Waals surface area contributed by atoms with Crippen LogP contribution in [-0.2, 0) is 0 Å². The van der Waals surface area contributed by atoms with Crippen LogP contribution in [0, 0.1) is 18.8 Å². The first-order chi connectivity index (χ1) is 7.63. The van der Waals surface area contributed by atoms with Crippen LogP contribution in [0.5, 0.6) is 0 Å². The maximum atomic E-state index is 3.68. The van der Waals surface area contributed by atoms with E-state index < -0.39 is 0 Å². The quantitative estimate of drug-likeness (QED) is 0.781. The van der Waals surface area contributed by atoms with Gasteiger partial charge < -0.3 is 5.32 Å². The van der Waals surface area contributed by atoms with Gasteiger partial charge in [-0.3, -0.25) is 0 Å². The van der Waals surface area contributed by atoms with Gasteiger partial charge in [-0.2, -0.15) is 0 Å². The molecule has 1 nitrogen and oxygen atoms in total. The van der Waals surface area contributed by atoms with Gasteiger partial charge in [-0.15, -0.1) is 0 Å². The monoisotopic (exact) mass is 217 g/mol. The molecule has 2 unspecified atom stereocenters. The zero-order chi connectivity index (χ0) is 11.5. The van der Waals surface area contributed by atoms with Gasteiger partial charge in [0.15, 0.2) is 0 Å². The molecule has 1 aromatic rings. The van der Waals surface area contributed by atoms with E-state index in [9.17, 15) is 0 Å². The molecule has 0 radical (unpaired) electrons. The molecule has 0 aliphatic heterocycles. The molecule has 1 N–H and O–H groups in total.